The fourth-order valence-electron chi connectivity index (χ4n) is 3.22. The van der Waals surface area contributed by atoms with Crippen LogP contribution in [0.2, 0.25) is 0 Å². The monoisotopic (exact) mass is 317 g/mol. The Morgan fingerprint density at radius 1 is 0.957 bits per heavy atom. The second-order valence-corrected chi connectivity index (χ2v) is 5.11. The molecule has 2 aliphatic heterocycles. The van der Waals surface area contributed by atoms with Crippen LogP contribution in [0.15, 0.2) is 35.4 Å². The second kappa shape index (κ2) is 5.60. The molecule has 7 heteroatoms. The highest BCUT2D eigenvalue weighted by atomic mass is 16.7. The maximum Gasteiger partial charge on any atom is 0.336 e. The number of hydrogen-bond donors (Lipinski definition) is 0. The van der Waals surface area contributed by atoms with Crippen LogP contribution < -0.4 is 0 Å². The van der Waals surface area contributed by atoms with E-state index >= 15 is 0 Å². The minimum Gasteiger partial charge on any atom is -0.466 e. The summed E-state index contributed by atoms with van der Waals surface area (Å²) in [4.78, 5) is 42.6. The molecule has 3 rings (SSSR count). The van der Waals surface area contributed by atoms with Crippen LogP contribution in [-0.4, -0.2) is 50.2 Å². The summed E-state index contributed by atoms with van der Waals surface area (Å²) in [6, 6.07) is 5.16. The molecule has 2 atom stereocenters. The summed E-state index contributed by atoms with van der Waals surface area (Å²) in [5.74, 6) is -1.76. The van der Waals surface area contributed by atoms with Crippen LogP contribution in [-0.2, 0) is 23.9 Å². The Kier molecular flexibility index (Phi) is 3.75. The first-order valence-corrected chi connectivity index (χ1v) is 6.93. The highest BCUT2D eigenvalue weighted by Crippen LogP contribution is 2.47. The molecule has 0 fully saturated rings. The smallest absolute Gasteiger partial charge is 0.336 e. The Labute approximate surface area is 132 Å². The van der Waals surface area contributed by atoms with Crippen molar-refractivity contribution in [2.75, 3.05) is 21.3 Å². The number of carbonyl (C=O) groups excluding carboxylic acids is 3. The molecule has 120 valence electrons. The number of hydroxylamine groups is 2. The van der Waals surface area contributed by atoms with Crippen molar-refractivity contribution >= 4 is 17.7 Å². The van der Waals surface area contributed by atoms with Crippen LogP contribution in [0.1, 0.15) is 22.0 Å². The number of benzene rings is 1. The third kappa shape index (κ3) is 2.01. The van der Waals surface area contributed by atoms with Crippen molar-refractivity contribution in [1.29, 1.82) is 0 Å². The number of hydrogen-bond acceptors (Lipinski definition) is 7. The average molecular weight is 317 g/mol. The Morgan fingerprint density at radius 2 is 1.52 bits per heavy atom. The van der Waals surface area contributed by atoms with E-state index in [2.05, 4.69) is 0 Å². The molecule has 0 radical (unpaired) electrons. The lowest BCUT2D eigenvalue weighted by Crippen LogP contribution is -2.44. The van der Waals surface area contributed by atoms with Gasteiger partial charge in [-0.3, -0.25) is 4.79 Å². The summed E-state index contributed by atoms with van der Waals surface area (Å²) in [6.07, 6.45) is 0. The summed E-state index contributed by atoms with van der Waals surface area (Å²) in [5.41, 5.74) is 1.09. The summed E-state index contributed by atoms with van der Waals surface area (Å²) in [7, 11) is 3.80. The molecular weight excluding hydrogens is 302 g/mol. The number of Topliss-reactive ketones (excluding diaryl/α,β-unsaturated/α-hetero) is 1. The van der Waals surface area contributed by atoms with Crippen LogP contribution in [0.5, 0.6) is 0 Å². The Bertz CT molecular complexity index is 738. The minimum atomic E-state index is -1.03. The summed E-state index contributed by atoms with van der Waals surface area (Å²) < 4.78 is 9.58. The van der Waals surface area contributed by atoms with Crippen molar-refractivity contribution < 1.29 is 28.7 Å². The molecule has 0 unspecified atom stereocenters. The van der Waals surface area contributed by atoms with Crippen LogP contribution in [0, 0.1) is 0 Å². The van der Waals surface area contributed by atoms with Crippen LogP contribution in [0.25, 0.3) is 0 Å². The maximum atomic E-state index is 12.8. The van der Waals surface area contributed by atoms with Crippen LogP contribution in [0.4, 0.5) is 0 Å². The largest absolute Gasteiger partial charge is 0.466 e. The number of methoxy groups -OCH3 is 2. The second-order valence-electron chi connectivity index (χ2n) is 5.11. The first-order chi connectivity index (χ1) is 11.1. The number of carbonyl (C=O) groups is 3. The molecule has 0 saturated carbocycles. The molecule has 1 aromatic carbocycles. The van der Waals surface area contributed by atoms with Gasteiger partial charge >= 0.3 is 11.9 Å². The summed E-state index contributed by atoms with van der Waals surface area (Å²) >= 11 is 0. The SMILES string of the molecule is COC(=O)C1=C(C(=O)OC)[C@H]2c3ccccc3C(=O)[C@@H]1N2OC. The van der Waals surface area contributed by atoms with Crippen molar-refractivity contribution in [2.45, 2.75) is 12.1 Å². The number of ketones is 1. The molecule has 0 aliphatic carbocycles. The molecule has 0 saturated heterocycles. The Morgan fingerprint density at radius 3 is 2.09 bits per heavy atom. The maximum absolute atomic E-state index is 12.8. The zero-order valence-corrected chi connectivity index (χ0v) is 12.9. The van der Waals surface area contributed by atoms with E-state index in [1.165, 1.54) is 26.4 Å². The van der Waals surface area contributed by atoms with Crippen molar-refractivity contribution in [3.63, 3.8) is 0 Å². The summed E-state index contributed by atoms with van der Waals surface area (Å²) in [6.45, 7) is 0. The lowest BCUT2D eigenvalue weighted by molar-refractivity contribution is -0.165. The first-order valence-electron chi connectivity index (χ1n) is 6.93. The van der Waals surface area contributed by atoms with E-state index in [0.717, 1.165) is 0 Å². The third-order valence-electron chi connectivity index (χ3n) is 4.14. The van der Waals surface area contributed by atoms with Crippen LogP contribution in [0.3, 0.4) is 0 Å². The molecular formula is C16H15NO6. The molecule has 2 heterocycles. The quantitative estimate of drug-likeness (QED) is 0.763. The minimum absolute atomic E-state index is 0.0348. The van der Waals surface area contributed by atoms with Gasteiger partial charge in [-0.25, -0.2) is 9.59 Å². The van der Waals surface area contributed by atoms with Crippen molar-refractivity contribution in [3.8, 4) is 0 Å². The number of fused-ring (bicyclic) bond motifs is 4. The highest BCUT2D eigenvalue weighted by Gasteiger charge is 2.55. The molecule has 0 spiro atoms. The zero-order valence-electron chi connectivity index (χ0n) is 12.9. The molecule has 23 heavy (non-hydrogen) atoms. The van der Waals surface area contributed by atoms with Crippen LogP contribution >= 0.6 is 0 Å². The first kappa shape index (κ1) is 15.4. The van der Waals surface area contributed by atoms with E-state index in [1.807, 2.05) is 0 Å². The number of nitrogens with zero attached hydrogens (tertiary/aromatic N) is 1. The fraction of sp³-hybridized carbons (Fsp3) is 0.312. The predicted octanol–water partition coefficient (Wildman–Crippen LogP) is 0.812. The molecule has 0 amide bonds. The van der Waals surface area contributed by atoms with Gasteiger partial charge in [0, 0.05) is 5.56 Å². The van der Waals surface area contributed by atoms with Gasteiger partial charge in [-0.05, 0) is 5.56 Å². The van der Waals surface area contributed by atoms with Crippen molar-refractivity contribution in [3.05, 3.63) is 46.5 Å². The van der Waals surface area contributed by atoms with Gasteiger partial charge < -0.3 is 14.3 Å². The Hall–Kier alpha value is -2.51. The molecule has 7 nitrogen and oxygen atoms in total. The lowest BCUT2D eigenvalue weighted by atomic mass is 9.91. The number of rotatable bonds is 3. The number of ether oxygens (including phenoxy) is 2. The van der Waals surface area contributed by atoms with E-state index in [-0.39, 0.29) is 16.9 Å². The topological polar surface area (TPSA) is 82.1 Å². The van der Waals surface area contributed by atoms with Gasteiger partial charge in [0.1, 0.15) is 6.04 Å². The zero-order chi connectivity index (χ0) is 16.7. The van der Waals surface area contributed by atoms with E-state index in [1.54, 1.807) is 24.3 Å². The van der Waals surface area contributed by atoms with Gasteiger partial charge in [0.15, 0.2) is 5.78 Å². The van der Waals surface area contributed by atoms with Gasteiger partial charge in [-0.1, -0.05) is 24.3 Å². The predicted molar refractivity (Wildman–Crippen MR) is 77.2 cm³/mol. The molecule has 2 bridgehead atoms. The highest BCUT2D eigenvalue weighted by molar-refractivity contribution is 6.15. The normalized spacial score (nSPS) is 22.8. The lowest BCUT2D eigenvalue weighted by Gasteiger charge is -2.34. The standard InChI is InChI=1S/C16H15NO6/c1-21-15(19)10-11(16(20)22-2)13-14(18)9-7-5-4-6-8(9)12(10)17(13)23-3/h4-7,12-13H,1-3H3/t12-,13-/m1/s1. The van der Waals surface area contributed by atoms with E-state index in [9.17, 15) is 14.4 Å². The van der Waals surface area contributed by atoms with E-state index < -0.39 is 24.0 Å². The summed E-state index contributed by atoms with van der Waals surface area (Å²) in [5, 5.41) is 1.34. The number of esters is 2. The van der Waals surface area contributed by atoms with Crippen molar-refractivity contribution in [2.24, 2.45) is 0 Å². The molecule has 1 aromatic rings. The fourth-order valence-corrected chi connectivity index (χ4v) is 3.22. The third-order valence-corrected chi connectivity index (χ3v) is 4.14. The molecule has 0 N–H and O–H groups in total. The molecule has 2 aliphatic rings. The van der Waals surface area contributed by atoms with E-state index in [4.69, 9.17) is 14.3 Å². The van der Waals surface area contributed by atoms with Gasteiger partial charge in [0.25, 0.3) is 0 Å². The van der Waals surface area contributed by atoms with Gasteiger partial charge in [-0.15, -0.1) is 0 Å². The van der Waals surface area contributed by atoms with E-state index in [0.29, 0.717) is 11.1 Å². The van der Waals surface area contributed by atoms with Crippen molar-refractivity contribution in [1.82, 2.24) is 5.06 Å². The Balaban J connectivity index is 2.30. The van der Waals surface area contributed by atoms with Gasteiger partial charge in [0.05, 0.1) is 38.5 Å². The van der Waals surface area contributed by atoms with Gasteiger partial charge in [0.2, 0.25) is 0 Å². The van der Waals surface area contributed by atoms with Gasteiger partial charge in [-0.2, -0.15) is 5.06 Å². The average Bonchev–Trinajstić information content (AvgIpc) is 2.89. The molecule has 0 aromatic heterocycles.